The van der Waals surface area contributed by atoms with E-state index in [1.54, 1.807) is 0 Å². The fourth-order valence-corrected chi connectivity index (χ4v) is 1.48. The van der Waals surface area contributed by atoms with Crippen molar-refractivity contribution >= 4 is 11.9 Å². The van der Waals surface area contributed by atoms with Crippen LogP contribution in [0.2, 0.25) is 0 Å². The zero-order chi connectivity index (χ0) is 10.6. The van der Waals surface area contributed by atoms with E-state index in [9.17, 15) is 9.59 Å². The van der Waals surface area contributed by atoms with Gasteiger partial charge in [-0.3, -0.25) is 0 Å². The Morgan fingerprint density at radius 3 is 2.07 bits per heavy atom. The SMILES string of the molecule is O=C(O)C(=CC1CCNCC1)C(=O)O. The van der Waals surface area contributed by atoms with Crippen LogP contribution < -0.4 is 5.32 Å². The second-order valence-corrected chi connectivity index (χ2v) is 3.28. The van der Waals surface area contributed by atoms with Crippen molar-refractivity contribution in [2.75, 3.05) is 13.1 Å². The Morgan fingerprint density at radius 2 is 1.64 bits per heavy atom. The van der Waals surface area contributed by atoms with E-state index in [4.69, 9.17) is 10.2 Å². The van der Waals surface area contributed by atoms with Crippen LogP contribution in [-0.2, 0) is 9.59 Å². The predicted octanol–water partition coefficient (Wildman–Crippen LogP) is 0.0816. The minimum atomic E-state index is -1.36. The van der Waals surface area contributed by atoms with Gasteiger partial charge in [-0.25, -0.2) is 9.59 Å². The second kappa shape index (κ2) is 4.76. The molecule has 1 aliphatic heterocycles. The van der Waals surface area contributed by atoms with Crippen molar-refractivity contribution in [2.24, 2.45) is 5.92 Å². The number of piperidine rings is 1. The average molecular weight is 199 g/mol. The van der Waals surface area contributed by atoms with Crippen LogP contribution in [0.4, 0.5) is 0 Å². The molecule has 0 radical (unpaired) electrons. The molecule has 0 bridgehead atoms. The zero-order valence-corrected chi connectivity index (χ0v) is 7.69. The summed E-state index contributed by atoms with van der Waals surface area (Å²) in [4.78, 5) is 21.1. The first-order chi connectivity index (χ1) is 6.61. The van der Waals surface area contributed by atoms with Gasteiger partial charge in [-0.15, -0.1) is 0 Å². The molecule has 1 fully saturated rings. The van der Waals surface area contributed by atoms with Crippen molar-refractivity contribution in [3.63, 3.8) is 0 Å². The highest BCUT2D eigenvalue weighted by atomic mass is 16.4. The van der Waals surface area contributed by atoms with Gasteiger partial charge in [0.2, 0.25) is 0 Å². The summed E-state index contributed by atoms with van der Waals surface area (Å²) in [5.74, 6) is -2.66. The minimum Gasteiger partial charge on any atom is -0.477 e. The van der Waals surface area contributed by atoms with Crippen LogP contribution >= 0.6 is 0 Å². The van der Waals surface area contributed by atoms with Crippen molar-refractivity contribution in [3.05, 3.63) is 11.6 Å². The third-order valence-corrected chi connectivity index (χ3v) is 2.25. The summed E-state index contributed by atoms with van der Waals surface area (Å²) in [5, 5.41) is 20.3. The number of hydrogen-bond acceptors (Lipinski definition) is 3. The average Bonchev–Trinajstić information content (AvgIpc) is 2.15. The summed E-state index contributed by atoms with van der Waals surface area (Å²) in [5.41, 5.74) is -0.517. The van der Waals surface area contributed by atoms with E-state index in [1.807, 2.05) is 0 Å². The third-order valence-electron chi connectivity index (χ3n) is 2.25. The maximum absolute atomic E-state index is 10.5. The Morgan fingerprint density at radius 1 is 1.14 bits per heavy atom. The van der Waals surface area contributed by atoms with Crippen molar-refractivity contribution in [2.45, 2.75) is 12.8 Å². The summed E-state index contributed by atoms with van der Waals surface area (Å²) in [6.07, 6.45) is 2.94. The molecule has 0 aromatic rings. The molecule has 5 nitrogen and oxygen atoms in total. The van der Waals surface area contributed by atoms with Crippen molar-refractivity contribution in [1.29, 1.82) is 0 Å². The molecule has 0 amide bonds. The van der Waals surface area contributed by atoms with E-state index in [0.29, 0.717) is 0 Å². The van der Waals surface area contributed by atoms with E-state index in [0.717, 1.165) is 25.9 Å². The van der Waals surface area contributed by atoms with Crippen LogP contribution in [0.5, 0.6) is 0 Å². The summed E-state index contributed by atoms with van der Waals surface area (Å²) in [7, 11) is 0. The van der Waals surface area contributed by atoms with Gasteiger partial charge in [0.15, 0.2) is 0 Å². The number of carbonyl (C=O) groups is 2. The highest BCUT2D eigenvalue weighted by Gasteiger charge is 2.19. The first-order valence-electron chi connectivity index (χ1n) is 4.50. The van der Waals surface area contributed by atoms with Crippen LogP contribution in [0.15, 0.2) is 11.6 Å². The first kappa shape index (κ1) is 10.7. The smallest absolute Gasteiger partial charge is 0.342 e. The summed E-state index contributed by atoms with van der Waals surface area (Å²) in [6, 6.07) is 0. The Labute approximate surface area is 81.4 Å². The monoisotopic (exact) mass is 199 g/mol. The van der Waals surface area contributed by atoms with Gasteiger partial charge in [0.25, 0.3) is 0 Å². The maximum Gasteiger partial charge on any atom is 0.342 e. The third kappa shape index (κ3) is 2.85. The minimum absolute atomic E-state index is 0.0680. The summed E-state index contributed by atoms with van der Waals surface area (Å²) in [6.45, 7) is 1.63. The lowest BCUT2D eigenvalue weighted by atomic mass is 9.95. The van der Waals surface area contributed by atoms with Gasteiger partial charge in [0.05, 0.1) is 0 Å². The number of allylic oxidation sites excluding steroid dienone is 1. The number of hydrogen-bond donors (Lipinski definition) is 3. The quantitative estimate of drug-likeness (QED) is 0.340. The van der Waals surface area contributed by atoms with Crippen LogP contribution in [-0.4, -0.2) is 35.2 Å². The molecule has 0 saturated carbocycles. The van der Waals surface area contributed by atoms with Crippen LogP contribution in [0.3, 0.4) is 0 Å². The normalized spacial score (nSPS) is 17.4. The van der Waals surface area contributed by atoms with Crippen molar-refractivity contribution in [3.8, 4) is 0 Å². The van der Waals surface area contributed by atoms with Crippen molar-refractivity contribution < 1.29 is 19.8 Å². The highest BCUT2D eigenvalue weighted by Crippen LogP contribution is 2.15. The van der Waals surface area contributed by atoms with Gasteiger partial charge >= 0.3 is 11.9 Å². The largest absolute Gasteiger partial charge is 0.477 e. The fourth-order valence-electron chi connectivity index (χ4n) is 1.48. The molecule has 78 valence electrons. The Kier molecular flexibility index (Phi) is 3.64. The fraction of sp³-hybridized carbons (Fsp3) is 0.556. The lowest BCUT2D eigenvalue weighted by molar-refractivity contribution is -0.140. The second-order valence-electron chi connectivity index (χ2n) is 3.28. The lowest BCUT2D eigenvalue weighted by Gasteiger charge is -2.19. The molecule has 0 unspecified atom stereocenters. The molecule has 1 saturated heterocycles. The number of nitrogens with one attached hydrogen (secondary N) is 1. The summed E-state index contributed by atoms with van der Waals surface area (Å²) >= 11 is 0. The molecule has 1 rings (SSSR count). The number of aliphatic carboxylic acids is 2. The first-order valence-corrected chi connectivity index (χ1v) is 4.50. The van der Waals surface area contributed by atoms with E-state index in [1.165, 1.54) is 6.08 Å². The van der Waals surface area contributed by atoms with E-state index in [-0.39, 0.29) is 5.92 Å². The molecule has 0 aliphatic carbocycles. The Bertz CT molecular complexity index is 250. The van der Waals surface area contributed by atoms with Crippen LogP contribution in [0.25, 0.3) is 0 Å². The van der Waals surface area contributed by atoms with Gasteiger partial charge in [-0.1, -0.05) is 6.08 Å². The molecule has 0 atom stereocenters. The summed E-state index contributed by atoms with van der Waals surface area (Å²) < 4.78 is 0. The van der Waals surface area contributed by atoms with Gasteiger partial charge < -0.3 is 15.5 Å². The van der Waals surface area contributed by atoms with E-state index >= 15 is 0 Å². The molecule has 14 heavy (non-hydrogen) atoms. The molecule has 0 aromatic heterocycles. The zero-order valence-electron chi connectivity index (χ0n) is 7.69. The van der Waals surface area contributed by atoms with Gasteiger partial charge in [-0.2, -0.15) is 0 Å². The topological polar surface area (TPSA) is 86.6 Å². The lowest BCUT2D eigenvalue weighted by Crippen LogP contribution is -2.27. The molecule has 3 N–H and O–H groups in total. The molecular formula is C9H13NO4. The van der Waals surface area contributed by atoms with E-state index in [2.05, 4.69) is 5.32 Å². The highest BCUT2D eigenvalue weighted by molar-refractivity contribution is 6.12. The molecular weight excluding hydrogens is 186 g/mol. The Hall–Kier alpha value is -1.36. The van der Waals surface area contributed by atoms with Crippen molar-refractivity contribution in [1.82, 2.24) is 5.32 Å². The number of carboxylic acids is 2. The molecule has 0 aromatic carbocycles. The number of carboxylic acid groups (broad SMARTS) is 2. The maximum atomic E-state index is 10.5. The van der Waals surface area contributed by atoms with Gasteiger partial charge in [-0.05, 0) is 31.8 Å². The molecule has 5 heteroatoms. The predicted molar refractivity (Wildman–Crippen MR) is 48.9 cm³/mol. The Balaban J connectivity index is 2.70. The molecule has 1 heterocycles. The van der Waals surface area contributed by atoms with E-state index < -0.39 is 17.5 Å². The van der Waals surface area contributed by atoms with Crippen LogP contribution in [0, 0.1) is 5.92 Å². The van der Waals surface area contributed by atoms with Gasteiger partial charge in [0.1, 0.15) is 5.57 Å². The number of rotatable bonds is 3. The van der Waals surface area contributed by atoms with Gasteiger partial charge in [0, 0.05) is 0 Å². The molecule has 0 spiro atoms. The van der Waals surface area contributed by atoms with Crippen LogP contribution in [0.1, 0.15) is 12.8 Å². The standard InChI is InChI=1S/C9H13NO4/c11-8(12)7(9(13)14)5-6-1-3-10-4-2-6/h5-6,10H,1-4H2,(H,11,12)(H,13,14). The molecule has 1 aliphatic rings.